The van der Waals surface area contributed by atoms with E-state index in [4.69, 9.17) is 19.0 Å². The Hall–Kier alpha value is -1.19. The van der Waals surface area contributed by atoms with E-state index in [2.05, 4.69) is 55.9 Å². The van der Waals surface area contributed by atoms with Gasteiger partial charge in [0, 0.05) is 18.6 Å². The van der Waals surface area contributed by atoms with E-state index in [0.29, 0.717) is 50.8 Å². The van der Waals surface area contributed by atoms with Crippen LogP contribution in [0.4, 0.5) is 4.79 Å². The molecule has 0 bridgehead atoms. The second-order valence-electron chi connectivity index (χ2n) is 9.94. The Bertz CT molecular complexity index is 628. The lowest BCUT2D eigenvalue weighted by molar-refractivity contribution is 0.137. The lowest BCUT2D eigenvalue weighted by Gasteiger charge is -2.35. The summed E-state index contributed by atoms with van der Waals surface area (Å²) in [5, 5.41) is 11.7. The summed E-state index contributed by atoms with van der Waals surface area (Å²) >= 11 is 0. The molecule has 4 atom stereocenters. The zero-order chi connectivity index (χ0) is 24.8. The van der Waals surface area contributed by atoms with Crippen molar-refractivity contribution in [2.45, 2.75) is 97.6 Å². The Morgan fingerprint density at radius 1 is 1.03 bits per heavy atom. The average molecular weight is 496 g/mol. The van der Waals surface area contributed by atoms with Crippen molar-refractivity contribution in [3.8, 4) is 6.07 Å². The molecule has 2 rings (SSSR count). The van der Waals surface area contributed by atoms with Crippen molar-refractivity contribution in [1.29, 1.82) is 5.26 Å². The quantitative estimate of drug-likeness (QED) is 0.148. The van der Waals surface area contributed by atoms with Gasteiger partial charge >= 0.3 is 6.09 Å². The number of hydrogen-bond acceptors (Lipinski definition) is 6. The first kappa shape index (κ1) is 29.0. The molecule has 2 aliphatic rings. The third-order valence-corrected chi connectivity index (χ3v) is 8.73. The summed E-state index contributed by atoms with van der Waals surface area (Å²) in [7, 11) is -1.16. The first-order valence-electron chi connectivity index (χ1n) is 13.2. The number of allylic oxidation sites excluding steroid dienone is 2. The fourth-order valence-corrected chi connectivity index (χ4v) is 6.52. The van der Waals surface area contributed by atoms with E-state index in [1.54, 1.807) is 0 Å². The largest absolute Gasteiger partial charge is 0.449 e. The van der Waals surface area contributed by atoms with Gasteiger partial charge in [-0.25, -0.2) is 9.46 Å². The molecule has 0 aromatic rings. The maximum atomic E-state index is 12.0. The molecular weight excluding hydrogens is 449 g/mol. The fourth-order valence-electron chi connectivity index (χ4n) is 4.89. The number of nitriles is 1. The minimum absolute atomic E-state index is 0.275. The fraction of sp³-hybridized carbons (Fsp3) is 0.846. The molecule has 0 saturated heterocycles. The molecule has 1 fully saturated rings. The molecule has 0 aromatic carbocycles. The Labute approximate surface area is 208 Å². The standard InChI is InChI=1S/C26H46N3O4P/c1-21(2)29(22(3)4)34(33-19-13-16-27)32-18-12-8-7-11-17-28-26(30)31-20-25-23-14-9-5-6-10-15-24(23)25/h5-6,21-25H,7-15,17-20H2,1-4H3,(H,28,30)/t23-,24+,25?,34?. The van der Waals surface area contributed by atoms with Crippen molar-refractivity contribution in [2.24, 2.45) is 17.8 Å². The summed E-state index contributed by atoms with van der Waals surface area (Å²) < 4.78 is 19.7. The van der Waals surface area contributed by atoms with Crippen LogP contribution < -0.4 is 5.32 Å². The number of ether oxygens (including phenoxy) is 1. The minimum atomic E-state index is -1.16. The van der Waals surface area contributed by atoms with Crippen molar-refractivity contribution < 1.29 is 18.6 Å². The van der Waals surface area contributed by atoms with E-state index in [9.17, 15) is 4.79 Å². The summed E-state index contributed by atoms with van der Waals surface area (Å²) in [6.45, 7) is 10.8. The van der Waals surface area contributed by atoms with E-state index < -0.39 is 8.53 Å². The highest BCUT2D eigenvalue weighted by atomic mass is 31.2. The molecule has 7 nitrogen and oxygen atoms in total. The van der Waals surface area contributed by atoms with Crippen LogP contribution in [0.3, 0.4) is 0 Å². The Morgan fingerprint density at radius 2 is 1.65 bits per heavy atom. The summed E-state index contributed by atoms with van der Waals surface area (Å²) in [6, 6.07) is 2.75. The van der Waals surface area contributed by atoms with Gasteiger partial charge in [-0.2, -0.15) is 5.26 Å². The zero-order valence-electron chi connectivity index (χ0n) is 21.7. The molecule has 0 heterocycles. The topological polar surface area (TPSA) is 83.8 Å². The third kappa shape index (κ3) is 10.6. The maximum Gasteiger partial charge on any atom is 0.407 e. The molecular formula is C26H46N3O4P. The van der Waals surface area contributed by atoms with Gasteiger partial charge in [-0.1, -0.05) is 25.0 Å². The number of amides is 1. The highest BCUT2D eigenvalue weighted by Gasteiger charge is 2.49. The number of nitrogens with zero attached hydrogens (tertiary/aromatic N) is 2. The number of alkyl carbamates (subject to hydrolysis) is 1. The summed E-state index contributed by atoms with van der Waals surface area (Å²) in [5.74, 6) is 2.08. The number of carbonyl (C=O) groups is 1. The van der Waals surface area contributed by atoms with Crippen LogP contribution in [-0.2, 0) is 13.8 Å². The van der Waals surface area contributed by atoms with Crippen LogP contribution in [-0.4, -0.2) is 49.2 Å². The summed E-state index contributed by atoms with van der Waals surface area (Å²) in [5.41, 5.74) is 0. The second-order valence-corrected chi connectivity index (χ2v) is 11.4. The highest BCUT2D eigenvalue weighted by Crippen LogP contribution is 2.52. The first-order valence-corrected chi connectivity index (χ1v) is 14.4. The van der Waals surface area contributed by atoms with Crippen molar-refractivity contribution in [3.05, 3.63) is 12.2 Å². The SMILES string of the molecule is CC(C)N(C(C)C)P(OCCC#N)OCCCCCCNC(=O)OCC1[C@H]2CCC=CCC[C@@H]12. The molecule has 34 heavy (non-hydrogen) atoms. The molecule has 0 radical (unpaired) electrons. The van der Waals surface area contributed by atoms with Gasteiger partial charge in [0.15, 0.2) is 0 Å². The van der Waals surface area contributed by atoms with Gasteiger partial charge < -0.3 is 19.1 Å². The lowest BCUT2D eigenvalue weighted by Crippen LogP contribution is -2.33. The monoisotopic (exact) mass is 495 g/mol. The third-order valence-electron chi connectivity index (χ3n) is 6.62. The molecule has 2 unspecified atom stereocenters. The van der Waals surface area contributed by atoms with Crippen LogP contribution in [0.15, 0.2) is 12.2 Å². The van der Waals surface area contributed by atoms with Gasteiger partial charge in [0.05, 0.1) is 32.3 Å². The number of carbonyl (C=O) groups excluding carboxylic acids is 1. The van der Waals surface area contributed by atoms with E-state index in [1.165, 1.54) is 25.7 Å². The van der Waals surface area contributed by atoms with Crippen molar-refractivity contribution >= 4 is 14.6 Å². The van der Waals surface area contributed by atoms with E-state index in [-0.39, 0.29) is 6.09 Å². The number of unbranched alkanes of at least 4 members (excludes halogenated alkanes) is 3. The maximum absolute atomic E-state index is 12.0. The number of nitrogens with one attached hydrogen (secondary N) is 1. The average Bonchev–Trinajstić information content (AvgIpc) is 3.42. The molecule has 0 spiro atoms. The van der Waals surface area contributed by atoms with Gasteiger partial charge in [0.2, 0.25) is 0 Å². The number of rotatable bonds is 16. The van der Waals surface area contributed by atoms with Crippen LogP contribution in [0.1, 0.15) is 85.5 Å². The Kier molecular flexibility index (Phi) is 14.1. The zero-order valence-corrected chi connectivity index (χ0v) is 22.6. The number of hydrogen-bond donors (Lipinski definition) is 1. The van der Waals surface area contributed by atoms with Crippen molar-refractivity contribution in [2.75, 3.05) is 26.4 Å². The van der Waals surface area contributed by atoms with Crippen LogP contribution in [0, 0.1) is 29.1 Å². The normalized spacial score (nSPS) is 22.7. The van der Waals surface area contributed by atoms with Gasteiger partial charge in [-0.3, -0.25) is 0 Å². The lowest BCUT2D eigenvalue weighted by atomic mass is 10.1. The van der Waals surface area contributed by atoms with Crippen LogP contribution >= 0.6 is 8.53 Å². The minimum Gasteiger partial charge on any atom is -0.449 e. The van der Waals surface area contributed by atoms with Crippen molar-refractivity contribution in [3.63, 3.8) is 0 Å². The Morgan fingerprint density at radius 3 is 2.26 bits per heavy atom. The van der Waals surface area contributed by atoms with E-state index in [0.717, 1.165) is 37.5 Å². The molecule has 8 heteroatoms. The molecule has 2 aliphatic carbocycles. The molecule has 194 valence electrons. The molecule has 1 N–H and O–H groups in total. The molecule has 1 amide bonds. The van der Waals surface area contributed by atoms with Crippen LogP contribution in [0.2, 0.25) is 0 Å². The van der Waals surface area contributed by atoms with Gasteiger partial charge in [-0.15, -0.1) is 0 Å². The Balaban J connectivity index is 1.51. The van der Waals surface area contributed by atoms with Crippen molar-refractivity contribution in [1.82, 2.24) is 9.99 Å². The predicted octanol–water partition coefficient (Wildman–Crippen LogP) is 6.56. The van der Waals surface area contributed by atoms with Crippen LogP contribution in [0.25, 0.3) is 0 Å². The number of fused-ring (bicyclic) bond motifs is 1. The van der Waals surface area contributed by atoms with E-state index in [1.807, 2.05) is 0 Å². The van der Waals surface area contributed by atoms with Gasteiger partial charge in [0.25, 0.3) is 8.53 Å². The predicted molar refractivity (Wildman–Crippen MR) is 137 cm³/mol. The summed E-state index contributed by atoms with van der Waals surface area (Å²) in [6.07, 6.45) is 13.5. The van der Waals surface area contributed by atoms with Gasteiger partial charge in [-0.05, 0) is 84.0 Å². The van der Waals surface area contributed by atoms with E-state index >= 15 is 0 Å². The first-order chi connectivity index (χ1) is 16.5. The molecule has 0 aliphatic heterocycles. The van der Waals surface area contributed by atoms with Gasteiger partial charge in [0.1, 0.15) is 0 Å². The molecule has 0 aromatic heterocycles. The summed E-state index contributed by atoms with van der Waals surface area (Å²) in [4.78, 5) is 12.0. The van der Waals surface area contributed by atoms with Crippen LogP contribution in [0.5, 0.6) is 0 Å². The highest BCUT2D eigenvalue weighted by molar-refractivity contribution is 7.44. The second kappa shape index (κ2) is 16.5. The smallest absolute Gasteiger partial charge is 0.407 e. The molecule has 1 saturated carbocycles.